The summed E-state index contributed by atoms with van der Waals surface area (Å²) in [5.74, 6) is -0.146. The zero-order chi connectivity index (χ0) is 16.8. The minimum Gasteiger partial charge on any atom is -0.321 e. The Morgan fingerprint density at radius 2 is 1.25 bits per heavy atom. The van der Waals surface area contributed by atoms with Crippen LogP contribution in [0, 0.1) is 0 Å². The number of hydrogen-bond donors (Lipinski definition) is 3. The largest absolute Gasteiger partial charge is 0.323 e. The summed E-state index contributed by atoms with van der Waals surface area (Å²) in [6.07, 6.45) is 0. The van der Waals surface area contributed by atoms with Crippen molar-refractivity contribution in [2.75, 3.05) is 16.0 Å². The number of carbonyl (C=O) groups is 2. The number of carbonyl (C=O) groups excluding carboxylic acids is 2. The van der Waals surface area contributed by atoms with Crippen molar-refractivity contribution in [3.8, 4) is 0 Å². The highest BCUT2D eigenvalue weighted by Crippen LogP contribution is 2.16. The molecule has 0 unspecified atom stereocenters. The zero-order valence-electron chi connectivity index (χ0n) is 12.7. The van der Waals surface area contributed by atoms with E-state index in [1.807, 2.05) is 41.8 Å². The standard InChI is InChI=1S/C18H15N3O2S/c22-17(16-7-4-12-24-16)19-14-8-10-15(11-9-14)21-18(23)20-13-5-2-1-3-6-13/h1-12H,(H,19,22)(H2,20,21,23). The molecule has 3 aromatic rings. The van der Waals surface area contributed by atoms with Crippen molar-refractivity contribution in [2.45, 2.75) is 0 Å². The smallest absolute Gasteiger partial charge is 0.321 e. The third-order valence-corrected chi connectivity index (χ3v) is 4.05. The summed E-state index contributed by atoms with van der Waals surface area (Å²) in [5.41, 5.74) is 2.02. The van der Waals surface area contributed by atoms with E-state index in [0.717, 1.165) is 5.69 Å². The lowest BCUT2D eigenvalue weighted by Gasteiger charge is -2.09. The first-order valence-electron chi connectivity index (χ1n) is 7.29. The molecule has 0 fully saturated rings. The van der Waals surface area contributed by atoms with Crippen molar-refractivity contribution in [2.24, 2.45) is 0 Å². The number of para-hydroxylation sites is 1. The average molecular weight is 337 g/mol. The van der Waals surface area contributed by atoms with Crippen LogP contribution in [-0.4, -0.2) is 11.9 Å². The van der Waals surface area contributed by atoms with E-state index in [0.29, 0.717) is 16.3 Å². The number of nitrogens with one attached hydrogen (secondary N) is 3. The Morgan fingerprint density at radius 1 is 0.667 bits per heavy atom. The Balaban J connectivity index is 1.56. The van der Waals surface area contributed by atoms with E-state index in [1.54, 1.807) is 30.3 Å². The molecule has 0 radical (unpaired) electrons. The molecule has 0 aliphatic heterocycles. The highest BCUT2D eigenvalue weighted by atomic mass is 32.1. The molecule has 0 saturated heterocycles. The molecule has 6 heteroatoms. The van der Waals surface area contributed by atoms with Gasteiger partial charge in [-0.15, -0.1) is 11.3 Å². The van der Waals surface area contributed by atoms with Gasteiger partial charge in [0.15, 0.2) is 0 Å². The zero-order valence-corrected chi connectivity index (χ0v) is 13.5. The highest BCUT2D eigenvalue weighted by Gasteiger charge is 2.07. The van der Waals surface area contributed by atoms with Crippen LogP contribution in [0.5, 0.6) is 0 Å². The number of thiophene rings is 1. The number of benzene rings is 2. The number of anilines is 3. The van der Waals surface area contributed by atoms with Crippen LogP contribution >= 0.6 is 11.3 Å². The number of urea groups is 1. The summed E-state index contributed by atoms with van der Waals surface area (Å²) in [7, 11) is 0. The maximum absolute atomic E-state index is 12.0. The van der Waals surface area contributed by atoms with E-state index >= 15 is 0 Å². The van der Waals surface area contributed by atoms with Crippen LogP contribution in [0.1, 0.15) is 9.67 Å². The van der Waals surface area contributed by atoms with Crippen molar-refractivity contribution in [1.29, 1.82) is 0 Å². The average Bonchev–Trinajstić information content (AvgIpc) is 3.12. The molecule has 0 saturated carbocycles. The van der Waals surface area contributed by atoms with E-state index in [4.69, 9.17) is 0 Å². The van der Waals surface area contributed by atoms with Gasteiger partial charge in [0.2, 0.25) is 0 Å². The topological polar surface area (TPSA) is 70.2 Å². The first kappa shape index (κ1) is 15.8. The van der Waals surface area contributed by atoms with Gasteiger partial charge in [-0.2, -0.15) is 0 Å². The molecule has 2 aromatic carbocycles. The Hall–Kier alpha value is -3.12. The minimum atomic E-state index is -0.323. The fourth-order valence-corrected chi connectivity index (χ4v) is 2.67. The van der Waals surface area contributed by atoms with Gasteiger partial charge in [-0.05, 0) is 47.8 Å². The second-order valence-corrected chi connectivity index (χ2v) is 5.90. The molecule has 0 spiro atoms. The van der Waals surface area contributed by atoms with Gasteiger partial charge >= 0.3 is 6.03 Å². The molecule has 3 amide bonds. The van der Waals surface area contributed by atoms with Crippen molar-refractivity contribution >= 4 is 40.3 Å². The van der Waals surface area contributed by atoms with E-state index in [1.165, 1.54) is 11.3 Å². The third-order valence-electron chi connectivity index (χ3n) is 3.18. The van der Waals surface area contributed by atoms with E-state index in [-0.39, 0.29) is 11.9 Å². The van der Waals surface area contributed by atoms with E-state index < -0.39 is 0 Å². The summed E-state index contributed by atoms with van der Waals surface area (Å²) in [5, 5.41) is 10.1. The summed E-state index contributed by atoms with van der Waals surface area (Å²) in [6.45, 7) is 0. The molecule has 0 bridgehead atoms. The Morgan fingerprint density at radius 3 is 1.83 bits per heavy atom. The molecular formula is C18H15N3O2S. The second kappa shape index (κ2) is 7.43. The monoisotopic (exact) mass is 337 g/mol. The summed E-state index contributed by atoms with van der Waals surface area (Å²) >= 11 is 1.39. The van der Waals surface area contributed by atoms with Crippen LogP contribution in [0.15, 0.2) is 72.1 Å². The SMILES string of the molecule is O=C(Nc1ccccc1)Nc1ccc(NC(=O)c2cccs2)cc1. The van der Waals surface area contributed by atoms with E-state index in [9.17, 15) is 9.59 Å². The maximum atomic E-state index is 12.0. The van der Waals surface area contributed by atoms with Gasteiger partial charge in [-0.1, -0.05) is 24.3 Å². The molecular weight excluding hydrogens is 322 g/mol. The van der Waals surface area contributed by atoms with Gasteiger partial charge in [-0.25, -0.2) is 4.79 Å². The maximum Gasteiger partial charge on any atom is 0.323 e. The highest BCUT2D eigenvalue weighted by molar-refractivity contribution is 7.12. The Bertz CT molecular complexity index is 815. The Labute approximate surface area is 143 Å². The second-order valence-electron chi connectivity index (χ2n) is 4.95. The number of hydrogen-bond acceptors (Lipinski definition) is 3. The summed E-state index contributed by atoms with van der Waals surface area (Å²) < 4.78 is 0. The van der Waals surface area contributed by atoms with Crippen molar-refractivity contribution in [3.63, 3.8) is 0 Å². The normalized spacial score (nSPS) is 10.0. The fraction of sp³-hybridized carbons (Fsp3) is 0. The molecule has 24 heavy (non-hydrogen) atoms. The summed E-state index contributed by atoms with van der Waals surface area (Å²) in [6, 6.07) is 19.4. The van der Waals surface area contributed by atoms with Crippen LogP contribution < -0.4 is 16.0 Å². The molecule has 3 N–H and O–H groups in total. The summed E-state index contributed by atoms with van der Waals surface area (Å²) in [4.78, 5) is 24.5. The van der Waals surface area contributed by atoms with Gasteiger partial charge in [0.05, 0.1) is 4.88 Å². The fourth-order valence-electron chi connectivity index (χ4n) is 2.05. The molecule has 0 atom stereocenters. The minimum absolute atomic E-state index is 0.146. The number of rotatable bonds is 4. The molecule has 1 aromatic heterocycles. The molecule has 5 nitrogen and oxygen atoms in total. The Kier molecular flexibility index (Phi) is 4.88. The lowest BCUT2D eigenvalue weighted by molar-refractivity contribution is 0.103. The lowest BCUT2D eigenvalue weighted by Crippen LogP contribution is -2.19. The molecule has 1 heterocycles. The quantitative estimate of drug-likeness (QED) is 0.649. The van der Waals surface area contributed by atoms with Crippen molar-refractivity contribution < 1.29 is 9.59 Å². The van der Waals surface area contributed by atoms with Crippen molar-refractivity contribution in [3.05, 3.63) is 77.0 Å². The molecule has 120 valence electrons. The van der Waals surface area contributed by atoms with Gasteiger partial charge in [-0.3, -0.25) is 4.79 Å². The molecule has 3 rings (SSSR count). The van der Waals surface area contributed by atoms with Gasteiger partial charge < -0.3 is 16.0 Å². The van der Waals surface area contributed by atoms with Crippen LogP contribution in [0.2, 0.25) is 0 Å². The van der Waals surface area contributed by atoms with Gasteiger partial charge in [0.25, 0.3) is 5.91 Å². The molecule has 0 aliphatic rings. The van der Waals surface area contributed by atoms with Crippen LogP contribution in [0.3, 0.4) is 0 Å². The van der Waals surface area contributed by atoms with Gasteiger partial charge in [0.1, 0.15) is 0 Å². The number of amides is 3. The van der Waals surface area contributed by atoms with E-state index in [2.05, 4.69) is 16.0 Å². The third kappa shape index (κ3) is 4.21. The van der Waals surface area contributed by atoms with Crippen molar-refractivity contribution in [1.82, 2.24) is 0 Å². The first-order valence-corrected chi connectivity index (χ1v) is 8.17. The lowest BCUT2D eigenvalue weighted by atomic mass is 10.2. The van der Waals surface area contributed by atoms with Crippen LogP contribution in [0.4, 0.5) is 21.9 Å². The first-order chi connectivity index (χ1) is 11.7. The predicted molar refractivity (Wildman–Crippen MR) is 97.8 cm³/mol. The van der Waals surface area contributed by atoms with Crippen LogP contribution in [-0.2, 0) is 0 Å². The molecule has 0 aliphatic carbocycles. The predicted octanol–water partition coefficient (Wildman–Crippen LogP) is 4.64. The van der Waals surface area contributed by atoms with Crippen LogP contribution in [0.25, 0.3) is 0 Å². The van der Waals surface area contributed by atoms with Gasteiger partial charge in [0, 0.05) is 17.1 Å².